The Bertz CT molecular complexity index is 1690. The summed E-state index contributed by atoms with van der Waals surface area (Å²) in [4.78, 5) is 28.4. The number of amides is 1. The highest BCUT2D eigenvalue weighted by atomic mass is 32.2. The van der Waals surface area contributed by atoms with Gasteiger partial charge in [-0.2, -0.15) is 0 Å². The number of benzene rings is 3. The molecule has 214 valence electrons. The van der Waals surface area contributed by atoms with Crippen molar-refractivity contribution in [1.82, 2.24) is 10.2 Å². The number of nitrogens with zero attached hydrogens (tertiary/aromatic N) is 3. The summed E-state index contributed by atoms with van der Waals surface area (Å²) < 4.78 is 30.8. The number of aromatic nitrogens is 2. The predicted octanol–water partition coefficient (Wildman–Crippen LogP) is 5.77. The summed E-state index contributed by atoms with van der Waals surface area (Å²) in [6, 6.07) is 17.0. The lowest BCUT2D eigenvalue weighted by Gasteiger charge is -2.23. The highest BCUT2D eigenvalue weighted by molar-refractivity contribution is 8.00. The molecule has 6 rings (SSSR count). The van der Waals surface area contributed by atoms with E-state index in [1.807, 2.05) is 6.92 Å². The maximum Gasteiger partial charge on any atom is 0.301 e. The van der Waals surface area contributed by atoms with Gasteiger partial charge in [-0.05, 0) is 60.5 Å². The second-order valence-corrected chi connectivity index (χ2v) is 11.5. The van der Waals surface area contributed by atoms with Crippen LogP contribution in [0.5, 0.6) is 17.2 Å². The third-order valence-electron chi connectivity index (χ3n) is 6.62. The van der Waals surface area contributed by atoms with Crippen molar-refractivity contribution < 1.29 is 33.3 Å². The Labute approximate surface area is 248 Å². The first-order valence-electron chi connectivity index (χ1n) is 13.1. The van der Waals surface area contributed by atoms with Crippen molar-refractivity contribution >= 4 is 45.7 Å². The number of aliphatic hydroxyl groups excluding tert-OH is 1. The third kappa shape index (κ3) is 5.42. The fourth-order valence-corrected chi connectivity index (χ4v) is 6.54. The molecule has 9 nitrogen and oxygen atoms in total. The zero-order chi connectivity index (χ0) is 29.2. The summed E-state index contributed by atoms with van der Waals surface area (Å²) in [6.45, 7) is 3.04. The zero-order valence-corrected chi connectivity index (χ0v) is 23.9. The lowest BCUT2D eigenvalue weighted by molar-refractivity contribution is -0.132. The van der Waals surface area contributed by atoms with Gasteiger partial charge in [0.1, 0.15) is 30.5 Å². The Kier molecular flexibility index (Phi) is 7.81. The Morgan fingerprint density at radius 2 is 1.86 bits per heavy atom. The molecule has 0 saturated carbocycles. The summed E-state index contributed by atoms with van der Waals surface area (Å²) in [5, 5.41) is 20.2. The van der Waals surface area contributed by atoms with Gasteiger partial charge in [0, 0.05) is 11.3 Å². The van der Waals surface area contributed by atoms with Crippen molar-refractivity contribution in [2.45, 2.75) is 23.1 Å². The molecule has 42 heavy (non-hydrogen) atoms. The van der Waals surface area contributed by atoms with Crippen LogP contribution in [0.4, 0.5) is 9.52 Å². The molecular weight excluding hydrogens is 581 g/mol. The van der Waals surface area contributed by atoms with E-state index < -0.39 is 17.7 Å². The monoisotopic (exact) mass is 605 g/mol. The number of anilines is 1. The number of ether oxygens (including phenoxy) is 3. The van der Waals surface area contributed by atoms with E-state index in [4.69, 9.17) is 14.2 Å². The number of carbonyl (C=O) groups is 2. The van der Waals surface area contributed by atoms with Crippen molar-refractivity contribution in [1.29, 1.82) is 0 Å². The first-order chi connectivity index (χ1) is 20.4. The van der Waals surface area contributed by atoms with Crippen molar-refractivity contribution in [3.05, 3.63) is 94.8 Å². The van der Waals surface area contributed by atoms with Crippen LogP contribution >= 0.6 is 23.1 Å². The third-order valence-corrected chi connectivity index (χ3v) is 8.75. The Morgan fingerprint density at radius 3 is 2.64 bits per heavy atom. The van der Waals surface area contributed by atoms with E-state index >= 15 is 0 Å². The molecule has 0 aliphatic carbocycles. The van der Waals surface area contributed by atoms with E-state index in [0.717, 1.165) is 16.9 Å². The molecule has 2 aliphatic rings. The average Bonchev–Trinajstić information content (AvgIpc) is 3.58. The Morgan fingerprint density at radius 1 is 1.07 bits per heavy atom. The fraction of sp³-hybridized carbons (Fsp3) is 0.200. The first kappa shape index (κ1) is 27.7. The molecule has 1 amide bonds. The van der Waals surface area contributed by atoms with Gasteiger partial charge in [-0.15, -0.1) is 10.2 Å². The molecule has 1 unspecified atom stereocenters. The molecule has 0 spiro atoms. The predicted molar refractivity (Wildman–Crippen MR) is 156 cm³/mol. The van der Waals surface area contributed by atoms with E-state index in [2.05, 4.69) is 10.2 Å². The van der Waals surface area contributed by atoms with Crippen LogP contribution in [0.3, 0.4) is 0 Å². The van der Waals surface area contributed by atoms with Gasteiger partial charge >= 0.3 is 5.91 Å². The number of thioether (sulfide) groups is 1. The zero-order valence-electron chi connectivity index (χ0n) is 22.3. The Balaban J connectivity index is 1.39. The van der Waals surface area contributed by atoms with Gasteiger partial charge in [0.15, 0.2) is 15.8 Å². The SMILES string of the molecule is CCOc1cccc(C2/C(=C(/O)c3ccc4c(c3)OCCO4)C(=O)C(=O)N2c2nnc(SCc3ccc(F)cc3)s2)c1. The summed E-state index contributed by atoms with van der Waals surface area (Å²) >= 11 is 2.52. The van der Waals surface area contributed by atoms with Gasteiger partial charge in [0.25, 0.3) is 5.78 Å². The fourth-order valence-electron chi connectivity index (χ4n) is 4.72. The van der Waals surface area contributed by atoms with Crippen LogP contribution in [0.25, 0.3) is 5.76 Å². The topological polar surface area (TPSA) is 111 Å². The molecule has 2 aliphatic heterocycles. The molecular formula is C30H24FN3O6S2. The van der Waals surface area contributed by atoms with Crippen LogP contribution in [0.2, 0.25) is 0 Å². The highest BCUT2D eigenvalue weighted by Crippen LogP contribution is 2.45. The van der Waals surface area contributed by atoms with Gasteiger partial charge < -0.3 is 19.3 Å². The van der Waals surface area contributed by atoms with Crippen molar-refractivity contribution in [3.8, 4) is 17.2 Å². The molecule has 0 radical (unpaired) electrons. The number of hydrogen-bond acceptors (Lipinski definition) is 10. The minimum atomic E-state index is -0.999. The lowest BCUT2D eigenvalue weighted by atomic mass is 9.95. The van der Waals surface area contributed by atoms with E-state index in [-0.39, 0.29) is 22.3 Å². The van der Waals surface area contributed by atoms with Crippen molar-refractivity contribution in [3.63, 3.8) is 0 Å². The Hall–Kier alpha value is -4.42. The van der Waals surface area contributed by atoms with Gasteiger partial charge in [-0.3, -0.25) is 14.5 Å². The number of aliphatic hydroxyl groups is 1. The maximum atomic E-state index is 13.6. The van der Waals surface area contributed by atoms with E-state index in [0.29, 0.717) is 58.3 Å². The van der Waals surface area contributed by atoms with E-state index in [9.17, 15) is 19.1 Å². The van der Waals surface area contributed by atoms with Gasteiger partial charge in [0.2, 0.25) is 5.13 Å². The van der Waals surface area contributed by atoms with Crippen LogP contribution in [-0.4, -0.2) is 46.8 Å². The van der Waals surface area contributed by atoms with Crippen LogP contribution in [0, 0.1) is 5.82 Å². The summed E-state index contributed by atoms with van der Waals surface area (Å²) in [5.41, 5.74) is 1.65. The molecule has 1 fully saturated rings. The second-order valence-electron chi connectivity index (χ2n) is 9.30. The number of ketones is 1. The summed E-state index contributed by atoms with van der Waals surface area (Å²) in [5.74, 6) is -0.348. The second kappa shape index (κ2) is 11.8. The lowest BCUT2D eigenvalue weighted by Crippen LogP contribution is -2.29. The molecule has 1 N–H and O–H groups in total. The normalized spacial score (nSPS) is 17.5. The molecule has 1 aromatic heterocycles. The number of rotatable bonds is 8. The van der Waals surface area contributed by atoms with Crippen LogP contribution in [0.15, 0.2) is 76.6 Å². The van der Waals surface area contributed by atoms with Gasteiger partial charge in [-0.25, -0.2) is 4.39 Å². The molecule has 12 heteroatoms. The van der Waals surface area contributed by atoms with Crippen LogP contribution in [0.1, 0.15) is 29.7 Å². The van der Waals surface area contributed by atoms with E-state index in [1.54, 1.807) is 54.6 Å². The molecule has 1 saturated heterocycles. The number of fused-ring (bicyclic) bond motifs is 1. The van der Waals surface area contributed by atoms with E-state index in [1.165, 1.54) is 28.8 Å². The van der Waals surface area contributed by atoms with Crippen LogP contribution < -0.4 is 19.1 Å². The largest absolute Gasteiger partial charge is 0.507 e. The number of hydrogen-bond donors (Lipinski definition) is 1. The van der Waals surface area contributed by atoms with Gasteiger partial charge in [0.05, 0.1) is 18.2 Å². The quantitative estimate of drug-likeness (QED) is 0.0880. The molecule has 3 aromatic carbocycles. The first-order valence-corrected chi connectivity index (χ1v) is 14.9. The average molecular weight is 606 g/mol. The molecule has 1 atom stereocenters. The number of Topliss-reactive ketones (excluding diaryl/α,β-unsaturated/α-hetero) is 1. The molecule has 0 bridgehead atoms. The summed E-state index contributed by atoms with van der Waals surface area (Å²) in [6.07, 6.45) is 0. The molecule has 3 heterocycles. The highest BCUT2D eigenvalue weighted by Gasteiger charge is 2.48. The van der Waals surface area contributed by atoms with Crippen molar-refractivity contribution in [2.24, 2.45) is 0 Å². The minimum absolute atomic E-state index is 0.0963. The van der Waals surface area contributed by atoms with Crippen LogP contribution in [-0.2, 0) is 15.3 Å². The molecule has 4 aromatic rings. The minimum Gasteiger partial charge on any atom is -0.507 e. The number of halogens is 1. The van der Waals surface area contributed by atoms with Gasteiger partial charge in [-0.1, -0.05) is 47.4 Å². The standard InChI is InChI=1S/C30H24FN3O6S2/c1-2-38-21-5-3-4-18(14-21)25-24(26(35)19-8-11-22-23(15-19)40-13-12-39-22)27(36)28(37)34(25)29-32-33-30(42-29)41-16-17-6-9-20(31)10-7-17/h3-11,14-15,25,35H,2,12-13,16H2,1H3/b26-24-. The summed E-state index contributed by atoms with van der Waals surface area (Å²) in [7, 11) is 0. The smallest absolute Gasteiger partial charge is 0.301 e. The maximum absolute atomic E-state index is 13.6. The number of carbonyl (C=O) groups excluding carboxylic acids is 2. The van der Waals surface area contributed by atoms with Crippen molar-refractivity contribution in [2.75, 3.05) is 24.7 Å².